The Labute approximate surface area is 147 Å². The van der Waals surface area contributed by atoms with Gasteiger partial charge >= 0.3 is 0 Å². The van der Waals surface area contributed by atoms with E-state index in [0.717, 1.165) is 18.5 Å². The highest BCUT2D eigenvalue weighted by molar-refractivity contribution is 6.21. The largest absolute Gasteiger partial charge is 0.361 e. The molecule has 0 amide bonds. The van der Waals surface area contributed by atoms with Crippen molar-refractivity contribution in [1.82, 2.24) is 4.57 Å². The van der Waals surface area contributed by atoms with Crippen LogP contribution in [0.25, 0.3) is 38.2 Å². The van der Waals surface area contributed by atoms with Crippen molar-refractivity contribution in [1.29, 1.82) is 0 Å². The Morgan fingerprint density at radius 1 is 1.00 bits per heavy atom. The van der Waals surface area contributed by atoms with E-state index < -0.39 is 0 Å². The third kappa shape index (κ3) is 2.04. The maximum atomic E-state index is 4.33. The molecule has 5 rings (SSSR count). The fraction of sp³-hybridized carbons (Fsp3) is 0.130. The standard InChI is InChI=1S/C23H20N2/c1-15-7-5-6-12-24-20-14-22-19(13-18(15)20)23-17-9-4-3-8-16(17)10-11-21(23)25(22)2/h3-4,6,8-14,24H,1,5,7H2,2H3/b12-6-. The van der Waals surface area contributed by atoms with E-state index in [2.05, 4.69) is 84.3 Å². The molecule has 1 aliphatic rings. The molecule has 0 unspecified atom stereocenters. The fourth-order valence-corrected chi connectivity index (χ4v) is 4.05. The van der Waals surface area contributed by atoms with Crippen LogP contribution < -0.4 is 5.32 Å². The lowest BCUT2D eigenvalue weighted by Gasteiger charge is -2.15. The van der Waals surface area contributed by atoms with Gasteiger partial charge in [-0.05, 0) is 53.6 Å². The summed E-state index contributed by atoms with van der Waals surface area (Å²) in [4.78, 5) is 0. The Morgan fingerprint density at radius 3 is 2.80 bits per heavy atom. The predicted octanol–water partition coefficient (Wildman–Crippen LogP) is 6.22. The first-order valence-electron chi connectivity index (χ1n) is 8.77. The van der Waals surface area contributed by atoms with E-state index in [1.807, 2.05) is 0 Å². The van der Waals surface area contributed by atoms with Gasteiger partial charge < -0.3 is 9.88 Å². The monoisotopic (exact) mass is 324 g/mol. The SMILES string of the molecule is C=C1CC/C=C\Nc2cc3c(cc21)c1c2ccccc2ccc1n3C. The summed E-state index contributed by atoms with van der Waals surface area (Å²) in [6.45, 7) is 4.33. The summed E-state index contributed by atoms with van der Waals surface area (Å²) >= 11 is 0. The quantitative estimate of drug-likeness (QED) is 0.406. The van der Waals surface area contributed by atoms with E-state index >= 15 is 0 Å². The van der Waals surface area contributed by atoms with Gasteiger partial charge in [0.2, 0.25) is 0 Å². The average Bonchev–Trinajstić information content (AvgIpc) is 2.91. The van der Waals surface area contributed by atoms with Gasteiger partial charge in [-0.3, -0.25) is 0 Å². The zero-order chi connectivity index (χ0) is 17.0. The predicted molar refractivity (Wildman–Crippen MR) is 109 cm³/mol. The smallest absolute Gasteiger partial charge is 0.0510 e. The van der Waals surface area contributed by atoms with E-state index in [1.165, 1.54) is 43.7 Å². The van der Waals surface area contributed by atoms with Crippen LogP contribution in [0.15, 0.2) is 67.4 Å². The van der Waals surface area contributed by atoms with Crippen molar-refractivity contribution in [3.63, 3.8) is 0 Å². The molecule has 0 bridgehead atoms. The molecule has 122 valence electrons. The van der Waals surface area contributed by atoms with Crippen molar-refractivity contribution < 1.29 is 0 Å². The van der Waals surface area contributed by atoms with Crippen LogP contribution in [0.1, 0.15) is 18.4 Å². The minimum absolute atomic E-state index is 1.00. The summed E-state index contributed by atoms with van der Waals surface area (Å²) in [5.74, 6) is 0. The highest BCUT2D eigenvalue weighted by atomic mass is 14.9. The van der Waals surface area contributed by atoms with Crippen molar-refractivity contribution in [2.24, 2.45) is 7.05 Å². The maximum absolute atomic E-state index is 4.33. The van der Waals surface area contributed by atoms with E-state index in [-0.39, 0.29) is 0 Å². The molecule has 0 atom stereocenters. The minimum atomic E-state index is 1.00. The normalized spacial score (nSPS) is 15.8. The third-order valence-electron chi connectivity index (χ3n) is 5.39. The minimum Gasteiger partial charge on any atom is -0.361 e. The van der Waals surface area contributed by atoms with Gasteiger partial charge in [-0.1, -0.05) is 43.0 Å². The van der Waals surface area contributed by atoms with Crippen molar-refractivity contribution in [3.8, 4) is 0 Å². The van der Waals surface area contributed by atoms with Gasteiger partial charge in [-0.25, -0.2) is 0 Å². The topological polar surface area (TPSA) is 17.0 Å². The molecule has 1 aliphatic heterocycles. The highest BCUT2D eigenvalue weighted by Gasteiger charge is 2.16. The van der Waals surface area contributed by atoms with Gasteiger partial charge in [0, 0.05) is 34.6 Å². The first-order valence-corrected chi connectivity index (χ1v) is 8.77. The Kier molecular flexibility index (Phi) is 3.01. The number of allylic oxidation sites excluding steroid dienone is 2. The van der Waals surface area contributed by atoms with Crippen LogP contribution in [-0.4, -0.2) is 4.57 Å². The van der Waals surface area contributed by atoms with E-state index in [1.54, 1.807) is 0 Å². The number of hydrogen-bond donors (Lipinski definition) is 1. The van der Waals surface area contributed by atoms with Crippen molar-refractivity contribution in [2.45, 2.75) is 12.8 Å². The van der Waals surface area contributed by atoms with Gasteiger partial charge in [-0.15, -0.1) is 0 Å². The van der Waals surface area contributed by atoms with Gasteiger partial charge in [0.1, 0.15) is 0 Å². The lowest BCUT2D eigenvalue weighted by molar-refractivity contribution is 1.01. The van der Waals surface area contributed by atoms with Crippen LogP contribution in [0.2, 0.25) is 0 Å². The summed E-state index contributed by atoms with van der Waals surface area (Å²) in [5, 5.41) is 8.69. The second-order valence-corrected chi connectivity index (χ2v) is 6.84. The number of anilines is 1. The van der Waals surface area contributed by atoms with E-state index in [0.29, 0.717) is 0 Å². The van der Waals surface area contributed by atoms with Crippen molar-refractivity contribution in [3.05, 3.63) is 72.9 Å². The molecule has 0 saturated carbocycles. The molecule has 25 heavy (non-hydrogen) atoms. The number of benzene rings is 3. The molecule has 0 fully saturated rings. The number of nitrogens with one attached hydrogen (secondary N) is 1. The van der Waals surface area contributed by atoms with Gasteiger partial charge in [0.25, 0.3) is 0 Å². The first-order chi connectivity index (χ1) is 12.2. The maximum Gasteiger partial charge on any atom is 0.0510 e. The Morgan fingerprint density at radius 2 is 1.88 bits per heavy atom. The van der Waals surface area contributed by atoms with Crippen molar-refractivity contribution in [2.75, 3.05) is 5.32 Å². The molecule has 2 nitrogen and oxygen atoms in total. The number of rotatable bonds is 0. The van der Waals surface area contributed by atoms with Crippen LogP contribution >= 0.6 is 0 Å². The molecule has 1 aromatic heterocycles. The Bertz CT molecular complexity index is 1190. The highest BCUT2D eigenvalue weighted by Crippen LogP contribution is 2.39. The molecule has 0 saturated heterocycles. The second kappa shape index (κ2) is 5.25. The summed E-state index contributed by atoms with van der Waals surface area (Å²) in [5.41, 5.74) is 6.10. The molecular weight excluding hydrogens is 304 g/mol. The van der Waals surface area contributed by atoms with Gasteiger partial charge in [0.05, 0.1) is 5.52 Å². The zero-order valence-electron chi connectivity index (χ0n) is 14.3. The molecular formula is C23H20N2. The molecule has 0 aliphatic carbocycles. The summed E-state index contributed by atoms with van der Waals surface area (Å²) < 4.78 is 2.30. The second-order valence-electron chi connectivity index (χ2n) is 6.84. The number of aryl methyl sites for hydroxylation is 1. The third-order valence-corrected chi connectivity index (χ3v) is 5.39. The Hall–Kier alpha value is -3.00. The van der Waals surface area contributed by atoms with E-state index in [9.17, 15) is 0 Å². The first kappa shape index (κ1) is 14.4. The Balaban J connectivity index is 1.96. The number of nitrogens with zero attached hydrogens (tertiary/aromatic N) is 1. The van der Waals surface area contributed by atoms with Crippen LogP contribution in [0.4, 0.5) is 5.69 Å². The molecule has 1 N–H and O–H groups in total. The summed E-state index contributed by atoms with van der Waals surface area (Å²) in [6, 6.07) is 17.7. The van der Waals surface area contributed by atoms with Crippen LogP contribution in [0, 0.1) is 0 Å². The summed E-state index contributed by atoms with van der Waals surface area (Å²) in [7, 11) is 2.15. The average molecular weight is 324 g/mol. The number of fused-ring (bicyclic) bond motifs is 6. The van der Waals surface area contributed by atoms with Crippen LogP contribution in [0.5, 0.6) is 0 Å². The van der Waals surface area contributed by atoms with Crippen LogP contribution in [0.3, 0.4) is 0 Å². The summed E-state index contributed by atoms with van der Waals surface area (Å²) in [6.07, 6.45) is 6.26. The van der Waals surface area contributed by atoms with Gasteiger partial charge in [-0.2, -0.15) is 0 Å². The van der Waals surface area contributed by atoms with Crippen molar-refractivity contribution >= 4 is 43.8 Å². The molecule has 0 spiro atoms. The number of hydrogen-bond acceptors (Lipinski definition) is 1. The molecule has 4 aromatic rings. The lowest BCUT2D eigenvalue weighted by atomic mass is 9.96. The number of aromatic nitrogens is 1. The molecule has 2 heteroatoms. The lowest BCUT2D eigenvalue weighted by Crippen LogP contribution is -1.98. The molecule has 2 heterocycles. The fourth-order valence-electron chi connectivity index (χ4n) is 4.05. The molecule has 0 radical (unpaired) electrons. The van der Waals surface area contributed by atoms with E-state index in [4.69, 9.17) is 0 Å². The van der Waals surface area contributed by atoms with Crippen LogP contribution in [-0.2, 0) is 7.05 Å². The molecule has 3 aromatic carbocycles. The zero-order valence-corrected chi connectivity index (χ0v) is 14.3. The van der Waals surface area contributed by atoms with Gasteiger partial charge in [0.15, 0.2) is 0 Å².